The van der Waals surface area contributed by atoms with Crippen molar-refractivity contribution in [2.24, 2.45) is 0 Å². The van der Waals surface area contributed by atoms with E-state index in [9.17, 15) is 0 Å². The lowest BCUT2D eigenvalue weighted by Gasteiger charge is -2.14. The number of rotatable bonds is 4. The minimum atomic E-state index is 0.621. The first-order chi connectivity index (χ1) is 15.4. The normalized spacial score (nSPS) is 11.4. The van der Waals surface area contributed by atoms with Crippen LogP contribution in [0, 0.1) is 0 Å². The summed E-state index contributed by atoms with van der Waals surface area (Å²) in [7, 11) is 0. The molecule has 4 aromatic carbocycles. The fourth-order valence-electron chi connectivity index (χ4n) is 4.19. The van der Waals surface area contributed by atoms with E-state index in [-0.39, 0.29) is 0 Å². The molecule has 4 nitrogen and oxygen atoms in total. The van der Waals surface area contributed by atoms with E-state index in [0.29, 0.717) is 6.67 Å². The Morgan fingerprint density at radius 1 is 0.452 bits per heavy atom. The maximum Gasteiger partial charge on any atom is 0.142 e. The van der Waals surface area contributed by atoms with Gasteiger partial charge in [0.05, 0.1) is 22.1 Å². The van der Waals surface area contributed by atoms with Gasteiger partial charge >= 0.3 is 0 Å². The number of imidazole rings is 2. The summed E-state index contributed by atoms with van der Waals surface area (Å²) >= 11 is 0. The zero-order valence-electron chi connectivity index (χ0n) is 16.9. The first-order valence-corrected chi connectivity index (χ1v) is 10.4. The van der Waals surface area contributed by atoms with Crippen LogP contribution in [0.5, 0.6) is 0 Å². The summed E-state index contributed by atoms with van der Waals surface area (Å²) in [5.74, 6) is 1.91. The van der Waals surface area contributed by atoms with Crippen molar-refractivity contribution in [3.05, 3.63) is 109 Å². The molecule has 4 heteroatoms. The van der Waals surface area contributed by atoms with Crippen LogP contribution in [0.3, 0.4) is 0 Å². The average Bonchev–Trinajstić information content (AvgIpc) is 3.40. The Bertz CT molecular complexity index is 1380. The van der Waals surface area contributed by atoms with Crippen LogP contribution < -0.4 is 0 Å². The van der Waals surface area contributed by atoms with E-state index in [1.165, 1.54) is 0 Å². The van der Waals surface area contributed by atoms with Gasteiger partial charge in [0.1, 0.15) is 18.3 Å². The van der Waals surface area contributed by atoms with Crippen molar-refractivity contribution in [3.8, 4) is 22.8 Å². The fraction of sp³-hybridized carbons (Fsp3) is 0.0370. The van der Waals surface area contributed by atoms with Crippen LogP contribution in [0.25, 0.3) is 44.8 Å². The van der Waals surface area contributed by atoms with Crippen LogP contribution >= 0.6 is 0 Å². The van der Waals surface area contributed by atoms with Crippen LogP contribution in [-0.4, -0.2) is 19.1 Å². The summed E-state index contributed by atoms with van der Waals surface area (Å²) in [4.78, 5) is 9.95. The molecular formula is C27H20N4. The molecule has 2 heterocycles. The van der Waals surface area contributed by atoms with E-state index in [1.54, 1.807) is 0 Å². The third-order valence-corrected chi connectivity index (χ3v) is 5.66. The standard InChI is InChI=1S/C27H20N4/c1-3-11-20(12-4-1)26-28-22-15-7-9-17-24(22)30(26)19-31-25-18-10-8-16-23(25)29-27(31)21-13-5-2-6-14-21/h1-18H,19H2. The summed E-state index contributed by atoms with van der Waals surface area (Å²) < 4.78 is 4.57. The molecule has 0 aliphatic carbocycles. The van der Waals surface area contributed by atoms with E-state index in [4.69, 9.17) is 9.97 Å². The number of hydrogen-bond acceptors (Lipinski definition) is 2. The maximum atomic E-state index is 4.98. The number of benzene rings is 4. The van der Waals surface area contributed by atoms with Crippen LogP contribution in [0.1, 0.15) is 0 Å². The van der Waals surface area contributed by atoms with Crippen molar-refractivity contribution in [3.63, 3.8) is 0 Å². The van der Waals surface area contributed by atoms with Crippen molar-refractivity contribution < 1.29 is 0 Å². The van der Waals surface area contributed by atoms with Gasteiger partial charge in [0, 0.05) is 11.1 Å². The van der Waals surface area contributed by atoms with Crippen LogP contribution in [0.2, 0.25) is 0 Å². The van der Waals surface area contributed by atoms with Crippen LogP contribution in [0.4, 0.5) is 0 Å². The molecule has 0 aliphatic heterocycles. The topological polar surface area (TPSA) is 35.6 Å². The van der Waals surface area contributed by atoms with Crippen molar-refractivity contribution in [1.29, 1.82) is 0 Å². The van der Waals surface area contributed by atoms with E-state index in [2.05, 4.69) is 94.1 Å². The minimum Gasteiger partial charge on any atom is -0.305 e. The Morgan fingerprint density at radius 3 is 1.29 bits per heavy atom. The quantitative estimate of drug-likeness (QED) is 0.352. The number of hydrogen-bond donors (Lipinski definition) is 0. The number of fused-ring (bicyclic) bond motifs is 2. The van der Waals surface area contributed by atoms with E-state index < -0.39 is 0 Å². The predicted molar refractivity (Wildman–Crippen MR) is 126 cm³/mol. The monoisotopic (exact) mass is 400 g/mol. The highest BCUT2D eigenvalue weighted by atomic mass is 15.2. The summed E-state index contributed by atoms with van der Waals surface area (Å²) in [6.45, 7) is 0.621. The number of aromatic nitrogens is 4. The molecule has 0 amide bonds. The Hall–Kier alpha value is -4.18. The second-order valence-corrected chi connectivity index (χ2v) is 7.58. The molecule has 0 unspecified atom stereocenters. The van der Waals surface area contributed by atoms with Crippen LogP contribution in [-0.2, 0) is 6.67 Å². The van der Waals surface area contributed by atoms with Crippen molar-refractivity contribution in [2.75, 3.05) is 0 Å². The third-order valence-electron chi connectivity index (χ3n) is 5.66. The molecule has 6 aromatic rings. The summed E-state index contributed by atoms with van der Waals surface area (Å²) in [6.07, 6.45) is 0. The molecule has 148 valence electrons. The molecule has 31 heavy (non-hydrogen) atoms. The van der Waals surface area contributed by atoms with Gasteiger partial charge in [-0.15, -0.1) is 0 Å². The van der Waals surface area contributed by atoms with Gasteiger partial charge in [0.2, 0.25) is 0 Å². The Morgan fingerprint density at radius 2 is 0.839 bits per heavy atom. The minimum absolute atomic E-state index is 0.621. The second-order valence-electron chi connectivity index (χ2n) is 7.58. The van der Waals surface area contributed by atoms with Crippen LogP contribution in [0.15, 0.2) is 109 Å². The summed E-state index contributed by atoms with van der Waals surface area (Å²) in [5, 5.41) is 0. The fourth-order valence-corrected chi connectivity index (χ4v) is 4.19. The summed E-state index contributed by atoms with van der Waals surface area (Å²) in [5.41, 5.74) is 6.41. The number of nitrogens with zero attached hydrogens (tertiary/aromatic N) is 4. The third kappa shape index (κ3) is 3.01. The molecule has 0 spiro atoms. The maximum absolute atomic E-state index is 4.98. The molecule has 0 bridgehead atoms. The lowest BCUT2D eigenvalue weighted by atomic mass is 10.2. The zero-order chi connectivity index (χ0) is 20.6. The SMILES string of the molecule is c1ccc(-c2nc3ccccc3n2Cn2c(-c3ccccc3)nc3ccccc32)cc1. The molecule has 0 radical (unpaired) electrons. The Labute approximate surface area is 180 Å². The lowest BCUT2D eigenvalue weighted by Crippen LogP contribution is -2.11. The van der Waals surface area contributed by atoms with Gasteiger partial charge in [0.15, 0.2) is 0 Å². The largest absolute Gasteiger partial charge is 0.305 e. The first kappa shape index (κ1) is 17.7. The second kappa shape index (κ2) is 7.26. The molecule has 0 saturated heterocycles. The highest BCUT2D eigenvalue weighted by molar-refractivity contribution is 5.82. The molecule has 0 atom stereocenters. The highest BCUT2D eigenvalue weighted by Gasteiger charge is 2.17. The first-order valence-electron chi connectivity index (χ1n) is 10.4. The zero-order valence-corrected chi connectivity index (χ0v) is 16.9. The molecule has 0 aliphatic rings. The summed E-state index contributed by atoms with van der Waals surface area (Å²) in [6, 6.07) is 37.4. The van der Waals surface area contributed by atoms with Gasteiger partial charge in [0.25, 0.3) is 0 Å². The van der Waals surface area contributed by atoms with Crippen molar-refractivity contribution >= 4 is 22.1 Å². The van der Waals surface area contributed by atoms with Gasteiger partial charge in [-0.3, -0.25) is 0 Å². The molecule has 6 rings (SSSR count). The van der Waals surface area contributed by atoms with E-state index in [0.717, 1.165) is 44.8 Å². The van der Waals surface area contributed by atoms with Gasteiger partial charge in [-0.2, -0.15) is 0 Å². The van der Waals surface area contributed by atoms with Crippen molar-refractivity contribution in [2.45, 2.75) is 6.67 Å². The number of para-hydroxylation sites is 4. The van der Waals surface area contributed by atoms with E-state index >= 15 is 0 Å². The Balaban J connectivity index is 1.60. The average molecular weight is 400 g/mol. The smallest absolute Gasteiger partial charge is 0.142 e. The molecule has 0 fully saturated rings. The predicted octanol–water partition coefficient (Wildman–Crippen LogP) is 6.23. The molecular weight excluding hydrogens is 380 g/mol. The van der Waals surface area contributed by atoms with Gasteiger partial charge in [-0.1, -0.05) is 84.9 Å². The molecule has 0 saturated carbocycles. The Kier molecular flexibility index (Phi) is 4.13. The van der Waals surface area contributed by atoms with Gasteiger partial charge in [-0.05, 0) is 24.3 Å². The highest BCUT2D eigenvalue weighted by Crippen LogP contribution is 2.29. The lowest BCUT2D eigenvalue weighted by molar-refractivity contribution is 0.649. The molecule has 2 aromatic heterocycles. The van der Waals surface area contributed by atoms with E-state index in [1.807, 2.05) is 24.3 Å². The molecule has 0 N–H and O–H groups in total. The van der Waals surface area contributed by atoms with Crippen molar-refractivity contribution in [1.82, 2.24) is 19.1 Å². The van der Waals surface area contributed by atoms with Gasteiger partial charge in [-0.25, -0.2) is 9.97 Å². The van der Waals surface area contributed by atoms with Gasteiger partial charge < -0.3 is 9.13 Å².